The Morgan fingerprint density at radius 1 is 1.11 bits per heavy atom. The Kier molecular flexibility index (Phi) is 3.05. The smallest absolute Gasteiger partial charge is 0.410 e. The van der Waals surface area contributed by atoms with Gasteiger partial charge >= 0.3 is 7.12 Å². The molecule has 0 aromatic heterocycles. The number of anilines is 2. The zero-order valence-corrected chi connectivity index (χ0v) is 10.2. The van der Waals surface area contributed by atoms with Gasteiger partial charge in [-0.3, -0.25) is 0 Å². The predicted octanol–water partition coefficient (Wildman–Crippen LogP) is 2.30. The van der Waals surface area contributed by atoms with Gasteiger partial charge in [-0.05, 0) is 35.3 Å². The van der Waals surface area contributed by atoms with E-state index in [1.165, 1.54) is 5.56 Å². The van der Waals surface area contributed by atoms with Gasteiger partial charge in [0.15, 0.2) is 0 Å². The van der Waals surface area contributed by atoms with E-state index >= 15 is 0 Å². The fourth-order valence-corrected chi connectivity index (χ4v) is 2.18. The summed E-state index contributed by atoms with van der Waals surface area (Å²) in [4.78, 5) is 0. The van der Waals surface area contributed by atoms with Crippen LogP contribution in [0.5, 0.6) is 0 Å². The molecule has 90 valence electrons. The summed E-state index contributed by atoms with van der Waals surface area (Å²) in [6.07, 6.45) is 0. The van der Waals surface area contributed by atoms with Crippen LogP contribution in [0.4, 0.5) is 11.4 Å². The van der Waals surface area contributed by atoms with Crippen molar-refractivity contribution in [2.45, 2.75) is 6.61 Å². The fourth-order valence-electron chi connectivity index (χ4n) is 2.18. The molecule has 1 aliphatic rings. The maximum absolute atomic E-state index is 5.53. The van der Waals surface area contributed by atoms with Crippen LogP contribution in [0.1, 0.15) is 5.56 Å². The molecular weight excluding hydrogens is 225 g/mol. The Balaban J connectivity index is 1.84. The third-order valence-corrected chi connectivity index (χ3v) is 3.06. The molecule has 1 aliphatic heterocycles. The molecule has 3 rings (SSSR count). The maximum Gasteiger partial charge on any atom is 0.494 e. The molecule has 3 nitrogen and oxygen atoms in total. The van der Waals surface area contributed by atoms with Gasteiger partial charge in [-0.1, -0.05) is 24.3 Å². The molecule has 18 heavy (non-hydrogen) atoms. The lowest BCUT2D eigenvalue weighted by atomic mass is 9.79. The molecule has 0 spiro atoms. The summed E-state index contributed by atoms with van der Waals surface area (Å²) in [5.41, 5.74) is 4.46. The van der Waals surface area contributed by atoms with Gasteiger partial charge in [0.05, 0.1) is 6.61 Å². The van der Waals surface area contributed by atoms with Crippen LogP contribution in [0.25, 0.3) is 0 Å². The maximum atomic E-state index is 5.53. The number of para-hydroxylation sites is 1. The van der Waals surface area contributed by atoms with Gasteiger partial charge in [0.25, 0.3) is 0 Å². The molecule has 0 saturated carbocycles. The van der Waals surface area contributed by atoms with Crippen LogP contribution < -0.4 is 10.8 Å². The van der Waals surface area contributed by atoms with Crippen molar-refractivity contribution in [2.24, 2.45) is 0 Å². The average Bonchev–Trinajstić information content (AvgIpc) is 2.82. The van der Waals surface area contributed by atoms with Gasteiger partial charge in [-0.25, -0.2) is 0 Å². The SMILES string of the molecule is COB1OCc2cc(Nc3ccccc3)ccc21. The minimum absolute atomic E-state index is 0.217. The molecular formula is C14H14BNO2. The molecule has 0 unspecified atom stereocenters. The van der Waals surface area contributed by atoms with E-state index < -0.39 is 0 Å². The lowest BCUT2D eigenvalue weighted by molar-refractivity contribution is 0.246. The van der Waals surface area contributed by atoms with Crippen molar-refractivity contribution >= 4 is 24.0 Å². The summed E-state index contributed by atoms with van der Waals surface area (Å²) in [5, 5.41) is 3.37. The molecule has 4 heteroatoms. The summed E-state index contributed by atoms with van der Waals surface area (Å²) >= 11 is 0. The van der Waals surface area contributed by atoms with Crippen LogP contribution in [0.3, 0.4) is 0 Å². The van der Waals surface area contributed by atoms with Crippen LogP contribution in [0.2, 0.25) is 0 Å². The average molecular weight is 239 g/mol. The minimum atomic E-state index is -0.217. The molecule has 0 aliphatic carbocycles. The zero-order chi connectivity index (χ0) is 12.4. The Morgan fingerprint density at radius 3 is 2.72 bits per heavy atom. The quantitative estimate of drug-likeness (QED) is 0.833. The van der Waals surface area contributed by atoms with E-state index in [2.05, 4.69) is 17.4 Å². The normalized spacial score (nSPS) is 13.5. The van der Waals surface area contributed by atoms with Gasteiger partial charge in [0.1, 0.15) is 0 Å². The van der Waals surface area contributed by atoms with Gasteiger partial charge in [-0.15, -0.1) is 0 Å². The molecule has 0 radical (unpaired) electrons. The third-order valence-electron chi connectivity index (χ3n) is 3.06. The first-order chi connectivity index (χ1) is 8.86. The highest BCUT2D eigenvalue weighted by atomic mass is 16.6. The summed E-state index contributed by atoms with van der Waals surface area (Å²) in [6, 6.07) is 16.3. The topological polar surface area (TPSA) is 30.5 Å². The minimum Gasteiger partial charge on any atom is -0.410 e. The second-order valence-corrected chi connectivity index (χ2v) is 4.28. The molecule has 0 amide bonds. The molecule has 0 saturated heterocycles. The molecule has 2 aromatic carbocycles. The summed E-state index contributed by atoms with van der Waals surface area (Å²) in [5.74, 6) is 0. The van der Waals surface area contributed by atoms with E-state index in [0.29, 0.717) is 6.61 Å². The molecule has 1 N–H and O–H groups in total. The van der Waals surface area contributed by atoms with Crippen molar-refractivity contribution in [1.82, 2.24) is 0 Å². The van der Waals surface area contributed by atoms with E-state index in [9.17, 15) is 0 Å². The second-order valence-electron chi connectivity index (χ2n) is 4.28. The Morgan fingerprint density at radius 2 is 1.94 bits per heavy atom. The first kappa shape index (κ1) is 11.3. The molecule has 2 aromatic rings. The van der Waals surface area contributed by atoms with Gasteiger partial charge < -0.3 is 14.6 Å². The number of rotatable bonds is 3. The second kappa shape index (κ2) is 4.84. The van der Waals surface area contributed by atoms with Crippen molar-refractivity contribution < 1.29 is 9.31 Å². The molecule has 0 atom stereocenters. The van der Waals surface area contributed by atoms with Crippen LogP contribution in [0.15, 0.2) is 48.5 Å². The Hall–Kier alpha value is -1.78. The van der Waals surface area contributed by atoms with Gasteiger partial charge in [0, 0.05) is 18.5 Å². The number of hydrogen-bond acceptors (Lipinski definition) is 3. The molecule has 1 heterocycles. The van der Waals surface area contributed by atoms with Crippen molar-refractivity contribution in [1.29, 1.82) is 0 Å². The van der Waals surface area contributed by atoms with Crippen LogP contribution in [0, 0.1) is 0 Å². The standard InChI is InChI=1S/C14H14BNO2/c1-17-15-14-8-7-13(9-11(14)10-18-15)16-12-5-3-2-4-6-12/h2-9,16H,10H2,1H3. The summed E-state index contributed by atoms with van der Waals surface area (Å²) in [7, 11) is 1.45. The number of benzene rings is 2. The fraction of sp³-hybridized carbons (Fsp3) is 0.143. The lowest BCUT2D eigenvalue weighted by Crippen LogP contribution is -2.30. The number of nitrogens with one attached hydrogen (secondary N) is 1. The highest BCUT2D eigenvalue weighted by Gasteiger charge is 2.29. The first-order valence-corrected chi connectivity index (χ1v) is 5.96. The Bertz CT molecular complexity index is 545. The van der Waals surface area contributed by atoms with Crippen molar-refractivity contribution in [3.63, 3.8) is 0 Å². The largest absolute Gasteiger partial charge is 0.494 e. The highest BCUT2D eigenvalue weighted by Crippen LogP contribution is 2.20. The lowest BCUT2D eigenvalue weighted by Gasteiger charge is -2.08. The molecule has 0 bridgehead atoms. The van der Waals surface area contributed by atoms with Crippen LogP contribution in [-0.2, 0) is 15.9 Å². The van der Waals surface area contributed by atoms with E-state index in [0.717, 1.165) is 16.8 Å². The van der Waals surface area contributed by atoms with E-state index in [1.54, 1.807) is 7.11 Å². The monoisotopic (exact) mass is 239 g/mol. The van der Waals surface area contributed by atoms with Crippen LogP contribution in [-0.4, -0.2) is 14.2 Å². The van der Waals surface area contributed by atoms with Crippen LogP contribution >= 0.6 is 0 Å². The number of fused-ring (bicyclic) bond motifs is 1. The molecule has 0 fully saturated rings. The van der Waals surface area contributed by atoms with Crippen molar-refractivity contribution in [3.8, 4) is 0 Å². The third kappa shape index (κ3) is 2.12. The van der Waals surface area contributed by atoms with E-state index in [-0.39, 0.29) is 7.12 Å². The highest BCUT2D eigenvalue weighted by molar-refractivity contribution is 6.62. The van der Waals surface area contributed by atoms with Crippen molar-refractivity contribution in [2.75, 3.05) is 12.4 Å². The summed E-state index contributed by atoms with van der Waals surface area (Å²) < 4.78 is 10.8. The summed E-state index contributed by atoms with van der Waals surface area (Å²) in [6.45, 7) is 0.609. The first-order valence-electron chi connectivity index (χ1n) is 5.96. The van der Waals surface area contributed by atoms with E-state index in [4.69, 9.17) is 9.31 Å². The van der Waals surface area contributed by atoms with E-state index in [1.807, 2.05) is 36.4 Å². The van der Waals surface area contributed by atoms with Gasteiger partial charge in [0.2, 0.25) is 0 Å². The predicted molar refractivity (Wildman–Crippen MR) is 73.4 cm³/mol. The van der Waals surface area contributed by atoms with Gasteiger partial charge in [-0.2, -0.15) is 0 Å². The zero-order valence-electron chi connectivity index (χ0n) is 10.2. The van der Waals surface area contributed by atoms with Crippen molar-refractivity contribution in [3.05, 3.63) is 54.1 Å². The Labute approximate surface area is 107 Å². The number of hydrogen-bond donors (Lipinski definition) is 1.